The summed E-state index contributed by atoms with van der Waals surface area (Å²) in [4.78, 5) is 18.5. The molecule has 5 heteroatoms. The van der Waals surface area contributed by atoms with Crippen molar-refractivity contribution in [1.29, 1.82) is 0 Å². The zero-order valence-corrected chi connectivity index (χ0v) is 14.6. The molecule has 1 amide bonds. The Morgan fingerprint density at radius 2 is 2.00 bits per heavy atom. The predicted molar refractivity (Wildman–Crippen MR) is 98.9 cm³/mol. The number of hydrogen-bond acceptors (Lipinski definition) is 4. The Hall–Kier alpha value is -2.56. The van der Waals surface area contributed by atoms with E-state index >= 15 is 0 Å². The Balaban J connectivity index is 1.35. The maximum Gasteiger partial charge on any atom is 0.257 e. The molecule has 0 spiro atoms. The fourth-order valence-electron chi connectivity index (χ4n) is 3.03. The summed E-state index contributed by atoms with van der Waals surface area (Å²) in [6, 6.07) is 11.8. The van der Waals surface area contributed by atoms with Crippen molar-refractivity contribution in [2.75, 3.05) is 31.1 Å². The monoisotopic (exact) mass is 339 g/mol. The van der Waals surface area contributed by atoms with Gasteiger partial charge in [-0.25, -0.2) is 0 Å². The summed E-state index contributed by atoms with van der Waals surface area (Å²) in [6.45, 7) is 4.82. The second-order valence-corrected chi connectivity index (χ2v) is 6.55. The summed E-state index contributed by atoms with van der Waals surface area (Å²) in [5.41, 5.74) is 2.35. The quantitative estimate of drug-likeness (QED) is 0.879. The highest BCUT2D eigenvalue weighted by Gasteiger charge is 2.20. The first-order valence-electron chi connectivity index (χ1n) is 8.82. The van der Waals surface area contributed by atoms with Crippen molar-refractivity contribution in [3.05, 3.63) is 54.4 Å². The lowest BCUT2D eigenvalue weighted by molar-refractivity contribution is -0.123. The van der Waals surface area contributed by atoms with E-state index in [0.717, 1.165) is 38.2 Å². The number of rotatable bonds is 6. The Kier molecular flexibility index (Phi) is 5.88. The molecule has 1 aromatic carbocycles. The van der Waals surface area contributed by atoms with Gasteiger partial charge in [0.1, 0.15) is 5.75 Å². The first-order valence-corrected chi connectivity index (χ1v) is 8.82. The van der Waals surface area contributed by atoms with Crippen LogP contribution >= 0.6 is 0 Å². The normalized spacial score (nSPS) is 15.0. The van der Waals surface area contributed by atoms with Crippen molar-refractivity contribution in [2.45, 2.75) is 19.8 Å². The highest BCUT2D eigenvalue weighted by Crippen LogP contribution is 2.21. The highest BCUT2D eigenvalue weighted by atomic mass is 16.5. The minimum absolute atomic E-state index is 0.0599. The number of aryl methyl sites for hydroxylation is 1. The Morgan fingerprint density at radius 1 is 1.24 bits per heavy atom. The zero-order valence-electron chi connectivity index (χ0n) is 14.6. The SMILES string of the molecule is Cc1ccc(OCC(=O)NCC2CCN(c3cccnc3)CC2)cc1. The van der Waals surface area contributed by atoms with Crippen molar-refractivity contribution in [2.24, 2.45) is 5.92 Å². The topological polar surface area (TPSA) is 54.5 Å². The van der Waals surface area contributed by atoms with Crippen LogP contribution in [0, 0.1) is 12.8 Å². The number of carbonyl (C=O) groups is 1. The molecule has 1 aliphatic heterocycles. The minimum atomic E-state index is -0.0599. The molecule has 0 bridgehead atoms. The number of benzene rings is 1. The Morgan fingerprint density at radius 3 is 2.68 bits per heavy atom. The summed E-state index contributed by atoms with van der Waals surface area (Å²) in [5.74, 6) is 1.19. The number of piperidine rings is 1. The lowest BCUT2D eigenvalue weighted by Crippen LogP contribution is -2.39. The molecular formula is C20H25N3O2. The Labute approximate surface area is 149 Å². The first kappa shape index (κ1) is 17.3. The van der Waals surface area contributed by atoms with Crippen molar-refractivity contribution in [3.8, 4) is 5.75 Å². The van der Waals surface area contributed by atoms with Gasteiger partial charge in [0.25, 0.3) is 5.91 Å². The number of nitrogens with one attached hydrogen (secondary N) is 1. The molecule has 2 aromatic rings. The average Bonchev–Trinajstić information content (AvgIpc) is 2.67. The molecule has 0 radical (unpaired) electrons. The third-order valence-corrected chi connectivity index (χ3v) is 4.60. The van der Waals surface area contributed by atoms with Gasteiger partial charge in [0, 0.05) is 25.8 Å². The van der Waals surface area contributed by atoms with E-state index in [1.165, 1.54) is 11.3 Å². The van der Waals surface area contributed by atoms with Gasteiger partial charge in [-0.05, 0) is 49.9 Å². The molecule has 1 saturated heterocycles. The van der Waals surface area contributed by atoms with Gasteiger partial charge in [0.15, 0.2) is 6.61 Å². The van der Waals surface area contributed by atoms with E-state index in [9.17, 15) is 4.79 Å². The van der Waals surface area contributed by atoms with Gasteiger partial charge >= 0.3 is 0 Å². The fourth-order valence-corrected chi connectivity index (χ4v) is 3.03. The van der Waals surface area contributed by atoms with Crippen LogP contribution < -0.4 is 15.0 Å². The lowest BCUT2D eigenvalue weighted by Gasteiger charge is -2.33. The van der Waals surface area contributed by atoms with Crippen LogP contribution in [-0.4, -0.2) is 37.1 Å². The van der Waals surface area contributed by atoms with E-state index in [4.69, 9.17) is 4.74 Å². The molecule has 1 N–H and O–H groups in total. The fraction of sp³-hybridized carbons (Fsp3) is 0.400. The van der Waals surface area contributed by atoms with E-state index in [1.54, 1.807) is 6.20 Å². The van der Waals surface area contributed by atoms with Crippen LogP contribution in [0.4, 0.5) is 5.69 Å². The van der Waals surface area contributed by atoms with Crippen LogP contribution in [0.2, 0.25) is 0 Å². The molecule has 1 aliphatic rings. The van der Waals surface area contributed by atoms with Gasteiger partial charge in [-0.1, -0.05) is 17.7 Å². The summed E-state index contributed by atoms with van der Waals surface area (Å²) in [5, 5.41) is 2.99. The highest BCUT2D eigenvalue weighted by molar-refractivity contribution is 5.77. The zero-order chi connectivity index (χ0) is 17.5. The lowest BCUT2D eigenvalue weighted by atomic mass is 9.96. The molecule has 1 aromatic heterocycles. The van der Waals surface area contributed by atoms with E-state index in [-0.39, 0.29) is 12.5 Å². The van der Waals surface area contributed by atoms with Gasteiger partial charge in [-0.2, -0.15) is 0 Å². The summed E-state index contributed by atoms with van der Waals surface area (Å²) >= 11 is 0. The number of pyridine rings is 1. The number of anilines is 1. The minimum Gasteiger partial charge on any atom is -0.484 e. The van der Waals surface area contributed by atoms with Crippen LogP contribution in [0.5, 0.6) is 5.75 Å². The molecule has 2 heterocycles. The molecule has 5 nitrogen and oxygen atoms in total. The van der Waals surface area contributed by atoms with Crippen molar-refractivity contribution < 1.29 is 9.53 Å². The van der Waals surface area contributed by atoms with Crippen LogP contribution in [0.15, 0.2) is 48.8 Å². The predicted octanol–water partition coefficient (Wildman–Crippen LogP) is 2.80. The van der Waals surface area contributed by atoms with Gasteiger partial charge in [0.2, 0.25) is 0 Å². The smallest absolute Gasteiger partial charge is 0.257 e. The molecule has 0 atom stereocenters. The standard InChI is InChI=1S/C20H25N3O2/c1-16-4-6-19(7-5-16)25-15-20(24)22-13-17-8-11-23(12-9-17)18-3-2-10-21-14-18/h2-7,10,14,17H,8-9,11-13,15H2,1H3,(H,22,24). The molecular weight excluding hydrogens is 314 g/mol. The molecule has 0 unspecified atom stereocenters. The number of nitrogens with zero attached hydrogens (tertiary/aromatic N) is 2. The van der Waals surface area contributed by atoms with Crippen LogP contribution in [0.25, 0.3) is 0 Å². The summed E-state index contributed by atoms with van der Waals surface area (Å²) in [7, 11) is 0. The second kappa shape index (κ2) is 8.51. The molecule has 1 fully saturated rings. The van der Waals surface area contributed by atoms with Gasteiger partial charge in [-0.3, -0.25) is 9.78 Å². The van der Waals surface area contributed by atoms with E-state index in [0.29, 0.717) is 5.92 Å². The van der Waals surface area contributed by atoms with Gasteiger partial charge in [-0.15, -0.1) is 0 Å². The molecule has 25 heavy (non-hydrogen) atoms. The number of aromatic nitrogens is 1. The molecule has 0 aliphatic carbocycles. The van der Waals surface area contributed by atoms with Gasteiger partial charge in [0.05, 0.1) is 11.9 Å². The largest absolute Gasteiger partial charge is 0.484 e. The number of amides is 1. The van der Waals surface area contributed by atoms with Crippen molar-refractivity contribution in [1.82, 2.24) is 10.3 Å². The van der Waals surface area contributed by atoms with Crippen molar-refractivity contribution >= 4 is 11.6 Å². The van der Waals surface area contributed by atoms with Crippen LogP contribution in [-0.2, 0) is 4.79 Å². The molecule has 0 saturated carbocycles. The number of carbonyl (C=O) groups excluding carboxylic acids is 1. The maximum absolute atomic E-state index is 12.0. The van der Waals surface area contributed by atoms with Crippen LogP contribution in [0.3, 0.4) is 0 Å². The molecule has 3 rings (SSSR count). The second-order valence-electron chi connectivity index (χ2n) is 6.55. The Bertz CT molecular complexity index is 665. The molecule has 132 valence electrons. The maximum atomic E-state index is 12.0. The number of ether oxygens (including phenoxy) is 1. The third-order valence-electron chi connectivity index (χ3n) is 4.60. The average molecular weight is 339 g/mol. The first-order chi connectivity index (χ1) is 12.2. The summed E-state index contributed by atoms with van der Waals surface area (Å²) in [6.07, 6.45) is 5.86. The number of hydrogen-bond donors (Lipinski definition) is 1. The third kappa shape index (κ3) is 5.21. The van der Waals surface area contributed by atoms with Crippen molar-refractivity contribution in [3.63, 3.8) is 0 Å². The van der Waals surface area contributed by atoms with E-state index in [1.807, 2.05) is 43.5 Å². The van der Waals surface area contributed by atoms with Crippen LogP contribution in [0.1, 0.15) is 18.4 Å². The van der Waals surface area contributed by atoms with E-state index < -0.39 is 0 Å². The van der Waals surface area contributed by atoms with Gasteiger partial charge < -0.3 is 15.0 Å². The van der Waals surface area contributed by atoms with E-state index in [2.05, 4.69) is 21.3 Å². The summed E-state index contributed by atoms with van der Waals surface area (Å²) < 4.78 is 5.51.